The van der Waals surface area contributed by atoms with Gasteiger partial charge in [-0.15, -0.1) is 0 Å². The standard InChI is InChI=1S/C32H52O3/c1-21(2)9-8-10-23(5)27-13-14-28-26-12-11-24-19-25(35-30(33)34-20-22(3)4)15-17-31(24,6)29(26)16-18-32(27,28)7/h11,21,23,25-29H,3,8-10,12-20H2,1-2,4-7H3/t23-,25+,26+,27-,28+,29+,31+,32-/m1/s1. The van der Waals surface area contributed by atoms with Crippen LogP contribution in [0.25, 0.3) is 0 Å². The first kappa shape index (κ1) is 26.8. The van der Waals surface area contributed by atoms with E-state index in [1.54, 1.807) is 5.57 Å². The summed E-state index contributed by atoms with van der Waals surface area (Å²) < 4.78 is 10.9. The van der Waals surface area contributed by atoms with Gasteiger partial charge in [-0.1, -0.05) is 72.1 Å². The lowest BCUT2D eigenvalue weighted by Crippen LogP contribution is -2.51. The molecule has 198 valence electrons. The number of carbonyl (C=O) groups is 1. The lowest BCUT2D eigenvalue weighted by atomic mass is 9.47. The van der Waals surface area contributed by atoms with E-state index in [-0.39, 0.29) is 18.1 Å². The van der Waals surface area contributed by atoms with Crippen LogP contribution in [0, 0.1) is 46.3 Å². The molecule has 0 aromatic carbocycles. The van der Waals surface area contributed by atoms with Gasteiger partial charge in [0, 0.05) is 6.42 Å². The van der Waals surface area contributed by atoms with Crippen LogP contribution in [0.15, 0.2) is 23.8 Å². The molecule has 4 aliphatic rings. The van der Waals surface area contributed by atoms with E-state index in [0.717, 1.165) is 60.3 Å². The van der Waals surface area contributed by atoms with Crippen LogP contribution in [-0.2, 0) is 9.47 Å². The first-order chi connectivity index (χ1) is 16.5. The number of allylic oxidation sites excluding steroid dienone is 1. The van der Waals surface area contributed by atoms with Crippen LogP contribution in [0.2, 0.25) is 0 Å². The summed E-state index contributed by atoms with van der Waals surface area (Å²) in [5.74, 6) is 5.13. The Labute approximate surface area is 215 Å². The van der Waals surface area contributed by atoms with Gasteiger partial charge >= 0.3 is 6.16 Å². The van der Waals surface area contributed by atoms with Gasteiger partial charge in [-0.3, -0.25) is 0 Å². The zero-order chi connectivity index (χ0) is 25.4. The molecule has 0 radical (unpaired) electrons. The molecule has 0 aromatic rings. The van der Waals surface area contributed by atoms with E-state index in [1.165, 1.54) is 51.4 Å². The number of hydrogen-bond donors (Lipinski definition) is 0. The van der Waals surface area contributed by atoms with Crippen LogP contribution in [0.4, 0.5) is 4.79 Å². The molecule has 0 spiro atoms. The van der Waals surface area contributed by atoms with E-state index in [2.05, 4.69) is 47.3 Å². The van der Waals surface area contributed by atoms with Crippen molar-refractivity contribution in [2.75, 3.05) is 6.61 Å². The lowest BCUT2D eigenvalue weighted by molar-refractivity contribution is -0.0613. The van der Waals surface area contributed by atoms with Crippen molar-refractivity contribution in [3.05, 3.63) is 23.8 Å². The zero-order valence-corrected chi connectivity index (χ0v) is 23.5. The van der Waals surface area contributed by atoms with Crippen LogP contribution in [0.5, 0.6) is 0 Å². The Morgan fingerprint density at radius 3 is 2.57 bits per heavy atom. The van der Waals surface area contributed by atoms with Crippen molar-refractivity contribution in [3.63, 3.8) is 0 Å². The maximum atomic E-state index is 12.1. The van der Waals surface area contributed by atoms with E-state index < -0.39 is 6.16 Å². The predicted molar refractivity (Wildman–Crippen MR) is 144 cm³/mol. The van der Waals surface area contributed by atoms with Crippen molar-refractivity contribution in [2.45, 2.75) is 118 Å². The molecule has 0 heterocycles. The van der Waals surface area contributed by atoms with Crippen LogP contribution in [-0.4, -0.2) is 18.9 Å². The summed E-state index contributed by atoms with van der Waals surface area (Å²) >= 11 is 0. The fourth-order valence-corrected chi connectivity index (χ4v) is 9.10. The smallest absolute Gasteiger partial charge is 0.431 e. The third-order valence-corrected chi connectivity index (χ3v) is 11.0. The topological polar surface area (TPSA) is 35.5 Å². The molecule has 0 aromatic heterocycles. The Hall–Kier alpha value is -1.25. The normalized spacial score (nSPS) is 39.2. The minimum atomic E-state index is -0.538. The average molecular weight is 485 g/mol. The molecule has 0 aliphatic heterocycles. The summed E-state index contributed by atoms with van der Waals surface area (Å²) in [4.78, 5) is 12.1. The van der Waals surface area contributed by atoms with Crippen molar-refractivity contribution < 1.29 is 14.3 Å². The fourth-order valence-electron chi connectivity index (χ4n) is 9.10. The molecular weight excluding hydrogens is 432 g/mol. The Morgan fingerprint density at radius 1 is 1.09 bits per heavy atom. The molecule has 0 amide bonds. The van der Waals surface area contributed by atoms with Crippen LogP contribution in [0.3, 0.4) is 0 Å². The molecule has 0 saturated heterocycles. The Bertz CT molecular complexity index is 812. The van der Waals surface area contributed by atoms with E-state index in [0.29, 0.717) is 5.41 Å². The average Bonchev–Trinajstić information content (AvgIpc) is 3.15. The second kappa shape index (κ2) is 10.6. The van der Waals surface area contributed by atoms with Crippen molar-refractivity contribution in [3.8, 4) is 0 Å². The molecule has 8 atom stereocenters. The summed E-state index contributed by atoms with van der Waals surface area (Å²) in [6, 6.07) is 0. The highest BCUT2D eigenvalue weighted by molar-refractivity contribution is 5.60. The number of hydrogen-bond acceptors (Lipinski definition) is 3. The van der Waals surface area contributed by atoms with Crippen LogP contribution >= 0.6 is 0 Å². The van der Waals surface area contributed by atoms with Crippen molar-refractivity contribution in [1.29, 1.82) is 0 Å². The quantitative estimate of drug-likeness (QED) is 0.254. The minimum Gasteiger partial charge on any atom is -0.431 e. The summed E-state index contributed by atoms with van der Waals surface area (Å²) in [5, 5.41) is 0. The van der Waals surface area contributed by atoms with Crippen molar-refractivity contribution in [1.82, 2.24) is 0 Å². The third kappa shape index (κ3) is 5.40. The summed E-state index contributed by atoms with van der Waals surface area (Å²) in [5.41, 5.74) is 3.21. The molecule has 3 fully saturated rings. The second-order valence-electron chi connectivity index (χ2n) is 13.8. The highest BCUT2D eigenvalue weighted by Gasteiger charge is 2.59. The lowest BCUT2D eigenvalue weighted by Gasteiger charge is -2.58. The van der Waals surface area contributed by atoms with Crippen molar-refractivity contribution in [2.24, 2.45) is 46.3 Å². The largest absolute Gasteiger partial charge is 0.508 e. The molecule has 3 nitrogen and oxygen atoms in total. The molecular formula is C32H52O3. The van der Waals surface area contributed by atoms with Gasteiger partial charge in [-0.2, -0.15) is 0 Å². The van der Waals surface area contributed by atoms with Gasteiger partial charge < -0.3 is 9.47 Å². The molecule has 3 saturated carbocycles. The van der Waals surface area contributed by atoms with E-state index >= 15 is 0 Å². The highest BCUT2D eigenvalue weighted by atomic mass is 16.7. The van der Waals surface area contributed by atoms with E-state index in [9.17, 15) is 4.79 Å². The Balaban J connectivity index is 1.40. The van der Waals surface area contributed by atoms with Gasteiger partial charge in [0.05, 0.1) is 0 Å². The second-order valence-corrected chi connectivity index (χ2v) is 13.8. The number of ether oxygens (including phenoxy) is 2. The summed E-state index contributed by atoms with van der Waals surface area (Å²) in [6.07, 6.45) is 16.1. The van der Waals surface area contributed by atoms with Crippen LogP contribution < -0.4 is 0 Å². The molecule has 3 heteroatoms. The van der Waals surface area contributed by atoms with Gasteiger partial charge in [-0.05, 0) is 104 Å². The minimum absolute atomic E-state index is 0.0418. The molecule has 4 rings (SSSR count). The molecule has 0 N–H and O–H groups in total. The highest BCUT2D eigenvalue weighted by Crippen LogP contribution is 2.67. The third-order valence-electron chi connectivity index (χ3n) is 11.0. The van der Waals surface area contributed by atoms with E-state index in [1.807, 2.05) is 6.92 Å². The van der Waals surface area contributed by atoms with Gasteiger partial charge in [0.1, 0.15) is 12.7 Å². The molecule has 35 heavy (non-hydrogen) atoms. The fraction of sp³-hybridized carbons (Fsp3) is 0.844. The molecule has 4 aliphatic carbocycles. The molecule has 0 unspecified atom stereocenters. The maximum absolute atomic E-state index is 12.1. The van der Waals surface area contributed by atoms with Gasteiger partial charge in [0.2, 0.25) is 0 Å². The Morgan fingerprint density at radius 2 is 1.86 bits per heavy atom. The van der Waals surface area contributed by atoms with E-state index in [4.69, 9.17) is 9.47 Å². The van der Waals surface area contributed by atoms with Gasteiger partial charge in [0.15, 0.2) is 0 Å². The number of rotatable bonds is 8. The van der Waals surface area contributed by atoms with Crippen molar-refractivity contribution >= 4 is 6.16 Å². The zero-order valence-electron chi connectivity index (χ0n) is 23.5. The molecule has 0 bridgehead atoms. The summed E-state index contributed by atoms with van der Waals surface area (Å²) in [7, 11) is 0. The van der Waals surface area contributed by atoms with Gasteiger partial charge in [-0.25, -0.2) is 4.79 Å². The number of carbonyl (C=O) groups excluding carboxylic acids is 1. The summed E-state index contributed by atoms with van der Waals surface area (Å²) in [6.45, 7) is 18.4. The first-order valence-corrected chi connectivity index (χ1v) is 14.7. The SMILES string of the molecule is C=C(C)COC(=O)O[C@H]1CC[C@@]2(C)C(=CC[C@H]3[C@@H]4CC[C@H]([C@H](C)CCCC(C)C)[C@@]4(C)CC[C@@H]32)C1. The maximum Gasteiger partial charge on any atom is 0.508 e. The number of fused-ring (bicyclic) bond motifs is 5. The monoisotopic (exact) mass is 484 g/mol. The Kier molecular flexibility index (Phi) is 8.13. The first-order valence-electron chi connectivity index (χ1n) is 14.7. The van der Waals surface area contributed by atoms with Crippen LogP contribution in [0.1, 0.15) is 112 Å². The van der Waals surface area contributed by atoms with Gasteiger partial charge in [0.25, 0.3) is 0 Å². The predicted octanol–water partition coefficient (Wildman–Crippen LogP) is 9.13.